The predicted molar refractivity (Wildman–Crippen MR) is 82.2 cm³/mol. The number of thioether (sulfide) groups is 2. The fourth-order valence-electron chi connectivity index (χ4n) is 0.959. The van der Waals surface area contributed by atoms with Crippen LogP contribution in [-0.2, 0) is 5.75 Å². The largest absolute Gasteiger partial charge is 0.374 e. The van der Waals surface area contributed by atoms with Crippen LogP contribution in [0.1, 0.15) is 5.69 Å². The molecule has 0 bridgehead atoms. The molecule has 2 nitrogen and oxygen atoms in total. The van der Waals surface area contributed by atoms with Gasteiger partial charge in [0, 0.05) is 35.0 Å². The van der Waals surface area contributed by atoms with Crippen molar-refractivity contribution in [3.63, 3.8) is 0 Å². The van der Waals surface area contributed by atoms with Crippen LogP contribution in [-0.4, -0.2) is 27.9 Å². The van der Waals surface area contributed by atoms with Gasteiger partial charge in [0.25, 0.3) is 0 Å². The summed E-state index contributed by atoms with van der Waals surface area (Å²) in [7, 11) is 1.85. The molecule has 0 amide bonds. The van der Waals surface area contributed by atoms with Crippen LogP contribution in [0.3, 0.4) is 0 Å². The molecule has 0 radical (unpaired) electrons. The van der Waals surface area contributed by atoms with E-state index in [2.05, 4.69) is 26.2 Å². The molecule has 88 valence electrons. The Morgan fingerprint density at radius 3 is 3.06 bits per heavy atom. The van der Waals surface area contributed by atoms with Gasteiger partial charge in [-0.2, -0.15) is 11.8 Å². The molecule has 16 heavy (non-hydrogen) atoms. The van der Waals surface area contributed by atoms with Crippen LogP contribution in [0.15, 0.2) is 22.8 Å². The van der Waals surface area contributed by atoms with E-state index in [1.54, 1.807) is 11.8 Å². The van der Waals surface area contributed by atoms with Crippen molar-refractivity contribution in [1.29, 1.82) is 0 Å². The molecule has 0 aliphatic heterocycles. The van der Waals surface area contributed by atoms with Crippen molar-refractivity contribution in [1.82, 2.24) is 10.3 Å². The molecule has 0 aliphatic rings. The summed E-state index contributed by atoms with van der Waals surface area (Å²) in [6.07, 6.45) is 1.82. The van der Waals surface area contributed by atoms with Gasteiger partial charge in [0.2, 0.25) is 0 Å². The summed E-state index contributed by atoms with van der Waals surface area (Å²) >= 11 is 12.1. The highest BCUT2D eigenvalue weighted by atomic mass is 79.9. The lowest BCUT2D eigenvalue weighted by molar-refractivity contribution is 1.15. The van der Waals surface area contributed by atoms with Crippen LogP contribution >= 0.6 is 51.7 Å². The van der Waals surface area contributed by atoms with Crippen molar-refractivity contribution in [2.45, 2.75) is 5.75 Å². The first-order valence-electron chi connectivity index (χ1n) is 4.75. The van der Waals surface area contributed by atoms with Crippen LogP contribution in [0.25, 0.3) is 0 Å². The average Bonchev–Trinajstić information content (AvgIpc) is 2.30. The Morgan fingerprint density at radius 1 is 1.56 bits per heavy atom. The standard InChI is InChI=1S/C10H13BrN2S3/c1-12-10(14)16-6-5-15-7-9-8(11)3-2-4-13-9/h2-4H,5-7H2,1H3,(H,12,14). The van der Waals surface area contributed by atoms with E-state index in [9.17, 15) is 0 Å². The van der Waals surface area contributed by atoms with Crippen LogP contribution in [0.2, 0.25) is 0 Å². The first-order valence-corrected chi connectivity index (χ1v) is 8.10. The van der Waals surface area contributed by atoms with Gasteiger partial charge in [0.05, 0.1) is 5.69 Å². The van der Waals surface area contributed by atoms with E-state index in [1.165, 1.54) is 0 Å². The Bertz CT molecular complexity index is 347. The van der Waals surface area contributed by atoms with Gasteiger partial charge in [-0.15, -0.1) is 0 Å². The molecule has 0 saturated carbocycles. The number of aromatic nitrogens is 1. The Morgan fingerprint density at radius 2 is 2.38 bits per heavy atom. The number of pyridine rings is 1. The maximum Gasteiger partial charge on any atom is 0.133 e. The van der Waals surface area contributed by atoms with Gasteiger partial charge in [0.1, 0.15) is 4.32 Å². The van der Waals surface area contributed by atoms with E-state index in [0.29, 0.717) is 0 Å². The Kier molecular flexibility index (Phi) is 7.44. The highest BCUT2D eigenvalue weighted by molar-refractivity contribution is 9.10. The van der Waals surface area contributed by atoms with Gasteiger partial charge < -0.3 is 5.32 Å². The van der Waals surface area contributed by atoms with Crippen molar-refractivity contribution in [3.05, 3.63) is 28.5 Å². The molecule has 1 rings (SSSR count). The minimum Gasteiger partial charge on any atom is -0.374 e. The highest BCUT2D eigenvalue weighted by Gasteiger charge is 2.00. The van der Waals surface area contributed by atoms with E-state index in [-0.39, 0.29) is 0 Å². The van der Waals surface area contributed by atoms with Crippen molar-refractivity contribution in [2.75, 3.05) is 18.6 Å². The fraction of sp³-hybridized carbons (Fsp3) is 0.400. The molecular formula is C10H13BrN2S3. The Hall–Kier alpha value is 0.220. The Balaban J connectivity index is 2.17. The third kappa shape index (κ3) is 5.52. The fourth-order valence-corrected chi connectivity index (χ4v) is 3.49. The summed E-state index contributed by atoms with van der Waals surface area (Å²) < 4.78 is 1.94. The van der Waals surface area contributed by atoms with Gasteiger partial charge in [-0.3, -0.25) is 4.98 Å². The quantitative estimate of drug-likeness (QED) is 0.657. The van der Waals surface area contributed by atoms with Crippen LogP contribution < -0.4 is 5.32 Å². The molecule has 0 aromatic carbocycles. The lowest BCUT2D eigenvalue weighted by Crippen LogP contribution is -2.11. The molecule has 1 aromatic rings. The molecule has 1 heterocycles. The number of hydrogen-bond donors (Lipinski definition) is 1. The zero-order chi connectivity index (χ0) is 11.8. The van der Waals surface area contributed by atoms with Crippen molar-refractivity contribution >= 4 is 56.0 Å². The van der Waals surface area contributed by atoms with Crippen LogP contribution in [0.5, 0.6) is 0 Å². The van der Waals surface area contributed by atoms with Gasteiger partial charge in [-0.05, 0) is 28.1 Å². The van der Waals surface area contributed by atoms with E-state index in [1.807, 2.05) is 37.1 Å². The summed E-state index contributed by atoms with van der Waals surface area (Å²) in [4.78, 5) is 4.31. The smallest absolute Gasteiger partial charge is 0.133 e. The van der Waals surface area contributed by atoms with Crippen LogP contribution in [0, 0.1) is 0 Å². The topological polar surface area (TPSA) is 24.9 Å². The SMILES string of the molecule is CNC(=S)SCCSCc1ncccc1Br. The van der Waals surface area contributed by atoms with Crippen LogP contribution in [0.4, 0.5) is 0 Å². The summed E-state index contributed by atoms with van der Waals surface area (Å²) in [5, 5.41) is 2.95. The lowest BCUT2D eigenvalue weighted by Gasteiger charge is -2.04. The molecule has 0 unspecified atom stereocenters. The number of halogens is 1. The molecule has 0 aliphatic carbocycles. The average molecular weight is 337 g/mol. The normalized spacial score (nSPS) is 10.1. The second-order valence-corrected chi connectivity index (χ2v) is 6.60. The number of nitrogens with one attached hydrogen (secondary N) is 1. The zero-order valence-corrected chi connectivity index (χ0v) is 12.9. The summed E-state index contributed by atoms with van der Waals surface area (Å²) in [6, 6.07) is 3.95. The van der Waals surface area contributed by atoms with Gasteiger partial charge in [-0.1, -0.05) is 24.0 Å². The third-order valence-corrected chi connectivity index (χ3v) is 5.12. The molecule has 1 N–H and O–H groups in total. The zero-order valence-electron chi connectivity index (χ0n) is 8.90. The molecule has 0 fully saturated rings. The summed E-state index contributed by atoms with van der Waals surface area (Å²) in [5.74, 6) is 3.05. The maximum absolute atomic E-state index is 5.04. The molecule has 1 aromatic heterocycles. The minimum atomic E-state index is 0.861. The summed E-state index contributed by atoms with van der Waals surface area (Å²) in [5.41, 5.74) is 1.11. The van der Waals surface area contributed by atoms with E-state index in [0.717, 1.165) is 31.7 Å². The molecular weight excluding hydrogens is 324 g/mol. The predicted octanol–water partition coefficient (Wildman–Crippen LogP) is 3.31. The number of hydrogen-bond acceptors (Lipinski definition) is 4. The second kappa shape index (κ2) is 8.33. The number of thiocarbonyl (C=S) groups is 1. The van der Waals surface area contributed by atoms with Crippen molar-refractivity contribution in [3.8, 4) is 0 Å². The molecule has 0 saturated heterocycles. The number of nitrogens with zero attached hydrogens (tertiary/aromatic N) is 1. The molecule has 0 spiro atoms. The third-order valence-electron chi connectivity index (χ3n) is 1.74. The van der Waals surface area contributed by atoms with Crippen molar-refractivity contribution < 1.29 is 0 Å². The first-order chi connectivity index (χ1) is 7.74. The van der Waals surface area contributed by atoms with Crippen molar-refractivity contribution in [2.24, 2.45) is 0 Å². The monoisotopic (exact) mass is 336 g/mol. The van der Waals surface area contributed by atoms with Gasteiger partial charge in [-0.25, -0.2) is 0 Å². The van der Waals surface area contributed by atoms with E-state index >= 15 is 0 Å². The number of rotatable bonds is 5. The molecule has 6 heteroatoms. The highest BCUT2D eigenvalue weighted by Crippen LogP contribution is 2.19. The van der Waals surface area contributed by atoms with E-state index in [4.69, 9.17) is 12.2 Å². The van der Waals surface area contributed by atoms with E-state index < -0.39 is 0 Å². The minimum absolute atomic E-state index is 0.861. The lowest BCUT2D eigenvalue weighted by atomic mass is 10.4. The first kappa shape index (κ1) is 14.3. The molecule has 0 atom stereocenters. The Labute approximate surface area is 118 Å². The maximum atomic E-state index is 5.04. The van der Waals surface area contributed by atoms with Gasteiger partial charge >= 0.3 is 0 Å². The van der Waals surface area contributed by atoms with Gasteiger partial charge in [0.15, 0.2) is 0 Å². The summed E-state index contributed by atoms with van der Waals surface area (Å²) in [6.45, 7) is 0. The second-order valence-electron chi connectivity index (χ2n) is 2.87.